The molecule has 0 aliphatic carbocycles. The first-order valence-electron chi connectivity index (χ1n) is 8.46. The summed E-state index contributed by atoms with van der Waals surface area (Å²) in [6.45, 7) is 1.87. The van der Waals surface area contributed by atoms with Crippen LogP contribution in [0.2, 0.25) is 0 Å². The monoisotopic (exact) mass is 343 g/mol. The van der Waals surface area contributed by atoms with Crippen molar-refractivity contribution >= 4 is 28.5 Å². The highest BCUT2D eigenvalue weighted by atomic mass is 16.2. The standard InChI is InChI=1S/C17H21N5O3/c1-18-10-8-21(9-10)11-3-4-12-14(7-11)20(2)17(25)22(12)13-5-6-15(23)19-16(13)24/h3-4,7,10,13,18H,5-6,8-9H2,1-2H3,(H,19,23,24). The maximum Gasteiger partial charge on any atom is 0.329 e. The summed E-state index contributed by atoms with van der Waals surface area (Å²) >= 11 is 0. The normalized spacial score (nSPS) is 21.5. The lowest BCUT2D eigenvalue weighted by Crippen LogP contribution is -2.57. The van der Waals surface area contributed by atoms with E-state index in [1.54, 1.807) is 11.6 Å². The van der Waals surface area contributed by atoms with Crippen LogP contribution in [0, 0.1) is 0 Å². The first-order valence-corrected chi connectivity index (χ1v) is 8.46. The number of nitrogens with one attached hydrogen (secondary N) is 2. The lowest BCUT2D eigenvalue weighted by atomic mass is 10.1. The Labute approximate surface area is 144 Å². The highest BCUT2D eigenvalue weighted by Gasteiger charge is 2.32. The molecule has 8 heteroatoms. The van der Waals surface area contributed by atoms with E-state index in [1.165, 1.54) is 4.57 Å². The number of anilines is 1. The fourth-order valence-corrected chi connectivity index (χ4v) is 3.65. The van der Waals surface area contributed by atoms with Gasteiger partial charge in [-0.2, -0.15) is 0 Å². The molecule has 1 aromatic carbocycles. The average Bonchev–Trinajstić information content (AvgIpc) is 2.79. The molecule has 1 unspecified atom stereocenters. The molecule has 0 bridgehead atoms. The number of carbonyl (C=O) groups excluding carboxylic acids is 2. The molecular weight excluding hydrogens is 322 g/mol. The summed E-state index contributed by atoms with van der Waals surface area (Å²) in [4.78, 5) is 38.5. The van der Waals surface area contributed by atoms with E-state index < -0.39 is 11.9 Å². The number of imide groups is 1. The van der Waals surface area contributed by atoms with Crippen molar-refractivity contribution in [1.29, 1.82) is 0 Å². The molecule has 25 heavy (non-hydrogen) atoms. The molecule has 4 rings (SSSR count). The average molecular weight is 343 g/mol. The van der Waals surface area contributed by atoms with E-state index >= 15 is 0 Å². The van der Waals surface area contributed by atoms with Crippen molar-refractivity contribution in [3.05, 3.63) is 28.7 Å². The number of aryl methyl sites for hydroxylation is 1. The maximum absolute atomic E-state index is 12.7. The number of hydrogen-bond donors (Lipinski definition) is 2. The molecule has 1 atom stereocenters. The van der Waals surface area contributed by atoms with Gasteiger partial charge in [-0.05, 0) is 31.7 Å². The Morgan fingerprint density at radius 1 is 1.16 bits per heavy atom. The van der Waals surface area contributed by atoms with Crippen LogP contribution in [0.3, 0.4) is 0 Å². The number of imidazole rings is 1. The van der Waals surface area contributed by atoms with Gasteiger partial charge in [0.05, 0.1) is 11.0 Å². The van der Waals surface area contributed by atoms with Crippen molar-refractivity contribution < 1.29 is 9.59 Å². The van der Waals surface area contributed by atoms with E-state index in [0.29, 0.717) is 12.5 Å². The van der Waals surface area contributed by atoms with Crippen LogP contribution in [0.4, 0.5) is 5.69 Å². The number of nitrogens with zero attached hydrogens (tertiary/aromatic N) is 3. The minimum Gasteiger partial charge on any atom is -0.368 e. The fourth-order valence-electron chi connectivity index (χ4n) is 3.65. The summed E-state index contributed by atoms with van der Waals surface area (Å²) in [5, 5.41) is 5.57. The third-order valence-corrected chi connectivity index (χ3v) is 5.25. The van der Waals surface area contributed by atoms with Crippen molar-refractivity contribution in [2.24, 2.45) is 7.05 Å². The second-order valence-electron chi connectivity index (χ2n) is 6.74. The van der Waals surface area contributed by atoms with Crippen LogP contribution in [0.5, 0.6) is 0 Å². The zero-order valence-electron chi connectivity index (χ0n) is 14.3. The Kier molecular flexibility index (Phi) is 3.64. The molecule has 1 aromatic heterocycles. The summed E-state index contributed by atoms with van der Waals surface area (Å²) in [7, 11) is 3.67. The minimum absolute atomic E-state index is 0.238. The molecule has 2 aliphatic rings. The maximum atomic E-state index is 12.7. The summed E-state index contributed by atoms with van der Waals surface area (Å²) in [5.41, 5.74) is 2.34. The van der Waals surface area contributed by atoms with Crippen molar-refractivity contribution in [3.63, 3.8) is 0 Å². The largest absolute Gasteiger partial charge is 0.368 e. The minimum atomic E-state index is -0.641. The third kappa shape index (κ3) is 2.44. The SMILES string of the molecule is CNC1CN(c2ccc3c(c2)n(C)c(=O)n3C2CCC(=O)NC2=O)C1. The van der Waals surface area contributed by atoms with Gasteiger partial charge in [0.1, 0.15) is 6.04 Å². The van der Waals surface area contributed by atoms with Crippen molar-refractivity contribution in [2.75, 3.05) is 25.0 Å². The molecule has 0 radical (unpaired) electrons. The lowest BCUT2D eigenvalue weighted by molar-refractivity contribution is -0.135. The molecule has 2 aromatic rings. The van der Waals surface area contributed by atoms with Gasteiger partial charge in [0.25, 0.3) is 0 Å². The third-order valence-electron chi connectivity index (χ3n) is 5.25. The van der Waals surface area contributed by atoms with Crippen LogP contribution in [-0.4, -0.2) is 47.1 Å². The number of amides is 2. The Hall–Kier alpha value is -2.61. The van der Waals surface area contributed by atoms with Crippen molar-refractivity contribution in [2.45, 2.75) is 24.9 Å². The van der Waals surface area contributed by atoms with E-state index in [-0.39, 0.29) is 18.0 Å². The predicted octanol–water partition coefficient (Wildman–Crippen LogP) is -0.274. The van der Waals surface area contributed by atoms with Crippen LogP contribution in [-0.2, 0) is 16.6 Å². The van der Waals surface area contributed by atoms with Gasteiger partial charge < -0.3 is 10.2 Å². The highest BCUT2D eigenvalue weighted by molar-refractivity contribution is 6.00. The van der Waals surface area contributed by atoms with Crippen LogP contribution < -0.4 is 21.2 Å². The number of aromatic nitrogens is 2. The van der Waals surface area contributed by atoms with E-state index in [0.717, 1.165) is 29.8 Å². The molecule has 0 saturated carbocycles. The fraction of sp³-hybridized carbons (Fsp3) is 0.471. The van der Waals surface area contributed by atoms with Crippen molar-refractivity contribution in [3.8, 4) is 0 Å². The quantitative estimate of drug-likeness (QED) is 0.749. The van der Waals surface area contributed by atoms with E-state index in [4.69, 9.17) is 0 Å². The smallest absolute Gasteiger partial charge is 0.329 e. The van der Waals surface area contributed by atoms with Gasteiger partial charge in [-0.15, -0.1) is 0 Å². The lowest BCUT2D eigenvalue weighted by Gasteiger charge is -2.40. The van der Waals surface area contributed by atoms with Crippen molar-refractivity contribution in [1.82, 2.24) is 19.8 Å². The van der Waals surface area contributed by atoms with Gasteiger partial charge in [-0.25, -0.2) is 4.79 Å². The molecule has 2 N–H and O–H groups in total. The number of fused-ring (bicyclic) bond motifs is 1. The Morgan fingerprint density at radius 2 is 1.92 bits per heavy atom. The Morgan fingerprint density at radius 3 is 2.60 bits per heavy atom. The first-order chi connectivity index (χ1) is 12.0. The first kappa shape index (κ1) is 15.9. The molecule has 2 aliphatic heterocycles. The van der Waals surface area contributed by atoms with Gasteiger partial charge in [0.15, 0.2) is 0 Å². The van der Waals surface area contributed by atoms with Gasteiger partial charge >= 0.3 is 5.69 Å². The molecule has 2 fully saturated rings. The Balaban J connectivity index is 1.74. The van der Waals surface area contributed by atoms with E-state index in [2.05, 4.69) is 15.5 Å². The molecule has 0 spiro atoms. The van der Waals surface area contributed by atoms with Gasteiger partial charge in [-0.3, -0.25) is 24.0 Å². The summed E-state index contributed by atoms with van der Waals surface area (Å²) in [5.74, 6) is -0.691. The number of likely N-dealkylation sites (N-methyl/N-ethyl adjacent to an activating group) is 1. The van der Waals surface area contributed by atoms with Gasteiger partial charge in [0, 0.05) is 38.3 Å². The molecule has 3 heterocycles. The second kappa shape index (κ2) is 5.73. The highest BCUT2D eigenvalue weighted by Crippen LogP contribution is 2.28. The number of benzene rings is 1. The topological polar surface area (TPSA) is 88.4 Å². The molecule has 132 valence electrons. The summed E-state index contributed by atoms with van der Waals surface area (Å²) < 4.78 is 3.07. The number of hydrogen-bond acceptors (Lipinski definition) is 5. The van der Waals surface area contributed by atoms with Crippen LogP contribution >= 0.6 is 0 Å². The van der Waals surface area contributed by atoms with Gasteiger partial charge in [0.2, 0.25) is 11.8 Å². The van der Waals surface area contributed by atoms with E-state index in [1.807, 2.05) is 25.2 Å². The van der Waals surface area contributed by atoms with Gasteiger partial charge in [-0.1, -0.05) is 0 Å². The molecular formula is C17H21N5O3. The zero-order valence-corrected chi connectivity index (χ0v) is 14.3. The second-order valence-corrected chi connectivity index (χ2v) is 6.74. The van der Waals surface area contributed by atoms with Crippen LogP contribution in [0.15, 0.2) is 23.0 Å². The van der Waals surface area contributed by atoms with Crippen LogP contribution in [0.1, 0.15) is 18.9 Å². The zero-order chi connectivity index (χ0) is 17.7. The molecule has 2 amide bonds. The molecule has 2 saturated heterocycles. The Bertz CT molecular complexity index is 922. The number of rotatable bonds is 3. The van der Waals surface area contributed by atoms with Crippen LogP contribution in [0.25, 0.3) is 11.0 Å². The number of carbonyl (C=O) groups is 2. The molecule has 8 nitrogen and oxygen atoms in total. The van der Waals surface area contributed by atoms with E-state index in [9.17, 15) is 14.4 Å². The summed E-state index contributed by atoms with van der Waals surface area (Å²) in [6, 6.07) is 5.72. The predicted molar refractivity (Wildman–Crippen MR) is 93.7 cm³/mol. The summed E-state index contributed by atoms with van der Waals surface area (Å²) in [6.07, 6.45) is 0.595. The number of piperidine rings is 1.